The molecule has 6 aromatic rings. The van der Waals surface area contributed by atoms with Crippen molar-refractivity contribution in [3.8, 4) is 0 Å². The largest absolute Gasteiger partial charge is 0.461 e. The first-order valence-corrected chi connectivity index (χ1v) is 18.2. The highest BCUT2D eigenvalue weighted by Crippen LogP contribution is 2.25. The molecule has 0 fully saturated rings. The zero-order chi connectivity index (χ0) is 38.0. The Morgan fingerprint density at radius 2 is 1.37 bits per heavy atom. The Labute approximate surface area is 314 Å². The number of nitrogens with zero attached hydrogens (tertiary/aromatic N) is 1. The molecular formula is C45H43N3O6. The van der Waals surface area contributed by atoms with Crippen LogP contribution in [0.15, 0.2) is 128 Å². The predicted octanol–water partition coefficient (Wildman–Crippen LogP) is 6.90. The van der Waals surface area contributed by atoms with E-state index in [4.69, 9.17) is 10.5 Å². The van der Waals surface area contributed by atoms with Gasteiger partial charge in [-0.3, -0.25) is 24.0 Å². The lowest BCUT2D eigenvalue weighted by atomic mass is 9.85. The minimum atomic E-state index is -1.45. The van der Waals surface area contributed by atoms with Crippen LogP contribution in [0.3, 0.4) is 0 Å². The second kappa shape index (κ2) is 17.4. The summed E-state index contributed by atoms with van der Waals surface area (Å²) in [5.41, 5.74) is 10.4. The lowest BCUT2D eigenvalue weighted by Gasteiger charge is -2.22. The molecule has 9 nitrogen and oxygen atoms in total. The van der Waals surface area contributed by atoms with Gasteiger partial charge in [-0.25, -0.2) is 0 Å². The van der Waals surface area contributed by atoms with Crippen molar-refractivity contribution in [2.24, 2.45) is 11.7 Å². The summed E-state index contributed by atoms with van der Waals surface area (Å²) < 4.78 is 7.41. The van der Waals surface area contributed by atoms with Crippen LogP contribution in [-0.4, -0.2) is 40.0 Å². The van der Waals surface area contributed by atoms with Crippen LogP contribution >= 0.6 is 0 Å². The maximum Gasteiger partial charge on any atom is 0.306 e. The summed E-state index contributed by atoms with van der Waals surface area (Å²) in [4.78, 5) is 67.0. The molecule has 6 rings (SSSR count). The lowest BCUT2D eigenvalue weighted by Crippen LogP contribution is -2.48. The number of hydrogen-bond donors (Lipinski definition) is 2. The number of benzene rings is 5. The molecule has 0 saturated heterocycles. The molecule has 0 radical (unpaired) electrons. The third kappa shape index (κ3) is 9.16. The van der Waals surface area contributed by atoms with E-state index in [9.17, 15) is 24.0 Å². The minimum Gasteiger partial charge on any atom is -0.461 e. The van der Waals surface area contributed by atoms with Gasteiger partial charge in [0.05, 0.1) is 17.5 Å². The van der Waals surface area contributed by atoms with Crippen molar-refractivity contribution in [3.05, 3.63) is 155 Å². The number of aryl methyl sites for hydroxylation is 1. The number of Topliss-reactive ketones (excluding diaryl/α,β-unsaturated/α-hetero) is 2. The van der Waals surface area contributed by atoms with E-state index in [1.807, 2.05) is 120 Å². The molecule has 0 aliphatic rings. The number of carbonyl (C=O) groups excluding carboxylic acids is 5. The van der Waals surface area contributed by atoms with E-state index in [1.165, 1.54) is 5.56 Å². The molecule has 2 amide bonds. The molecule has 0 saturated carbocycles. The van der Waals surface area contributed by atoms with Crippen LogP contribution in [-0.2, 0) is 49.9 Å². The molecule has 9 heteroatoms. The Kier molecular flexibility index (Phi) is 12.1. The van der Waals surface area contributed by atoms with E-state index in [-0.39, 0.29) is 32.3 Å². The van der Waals surface area contributed by atoms with Crippen LogP contribution in [0.25, 0.3) is 21.7 Å². The minimum absolute atomic E-state index is 0.0216. The van der Waals surface area contributed by atoms with Crippen LogP contribution in [0, 0.1) is 5.92 Å². The molecule has 274 valence electrons. The molecule has 0 spiro atoms. The van der Waals surface area contributed by atoms with E-state index in [1.54, 1.807) is 6.20 Å². The fraction of sp³-hybridized carbons (Fsp3) is 0.222. The van der Waals surface area contributed by atoms with E-state index < -0.39 is 41.3 Å². The number of carbonyl (C=O) groups is 5. The Bertz CT molecular complexity index is 2300. The van der Waals surface area contributed by atoms with Crippen LogP contribution < -0.4 is 11.1 Å². The van der Waals surface area contributed by atoms with E-state index >= 15 is 0 Å². The number of amides is 2. The molecule has 0 aliphatic carbocycles. The highest BCUT2D eigenvalue weighted by molar-refractivity contribution is 6.40. The second-order valence-electron chi connectivity index (χ2n) is 13.5. The number of hydrogen-bond acceptors (Lipinski definition) is 6. The van der Waals surface area contributed by atoms with Crippen LogP contribution in [0.5, 0.6) is 0 Å². The summed E-state index contributed by atoms with van der Waals surface area (Å²) in [5, 5.41) is 5.50. The van der Waals surface area contributed by atoms with Crippen molar-refractivity contribution in [2.75, 3.05) is 0 Å². The van der Waals surface area contributed by atoms with Gasteiger partial charge in [0, 0.05) is 30.1 Å². The van der Waals surface area contributed by atoms with Crippen molar-refractivity contribution in [1.82, 2.24) is 9.88 Å². The Hall–Kier alpha value is -6.35. The fourth-order valence-corrected chi connectivity index (χ4v) is 6.79. The number of nitrogens with two attached hydrogens (primary N) is 1. The first-order valence-electron chi connectivity index (χ1n) is 18.2. The average molecular weight is 722 g/mol. The summed E-state index contributed by atoms with van der Waals surface area (Å²) >= 11 is 0. The summed E-state index contributed by atoms with van der Waals surface area (Å²) in [6.07, 6.45) is 2.71. The van der Waals surface area contributed by atoms with Crippen molar-refractivity contribution in [3.63, 3.8) is 0 Å². The lowest BCUT2D eigenvalue weighted by molar-refractivity contribution is -0.145. The molecule has 2 atom stereocenters. The molecule has 1 heterocycles. The SMILES string of the molecule is CCc1ccc2cc(C[C@H](C(=O)C(N)=O)C(=O)[C@H](CCCC(=O)OCc3ccccc3)NC(=O)c3cn(Cc4ccccc4)c4ccccc34)ccc2c1. The number of para-hydroxylation sites is 1. The maximum atomic E-state index is 14.4. The Morgan fingerprint density at radius 3 is 2.06 bits per heavy atom. The van der Waals surface area contributed by atoms with E-state index in [0.717, 1.165) is 33.8 Å². The number of nitrogens with one attached hydrogen (secondary N) is 1. The average Bonchev–Trinajstić information content (AvgIpc) is 3.56. The summed E-state index contributed by atoms with van der Waals surface area (Å²) in [7, 11) is 0. The topological polar surface area (TPSA) is 138 Å². The van der Waals surface area contributed by atoms with Gasteiger partial charge in [-0.15, -0.1) is 0 Å². The fourth-order valence-electron chi connectivity index (χ4n) is 6.79. The highest BCUT2D eigenvalue weighted by atomic mass is 16.5. The Balaban J connectivity index is 1.26. The molecule has 3 N–H and O–H groups in total. The number of fused-ring (bicyclic) bond motifs is 2. The number of rotatable bonds is 17. The van der Waals surface area contributed by atoms with Gasteiger partial charge < -0.3 is 20.4 Å². The quantitative estimate of drug-likeness (QED) is 0.0598. The van der Waals surface area contributed by atoms with Crippen molar-refractivity contribution in [2.45, 2.75) is 58.2 Å². The Morgan fingerprint density at radius 1 is 0.741 bits per heavy atom. The first-order chi connectivity index (χ1) is 26.2. The van der Waals surface area contributed by atoms with Gasteiger partial charge in [0.2, 0.25) is 5.78 Å². The van der Waals surface area contributed by atoms with Gasteiger partial charge in [0.15, 0.2) is 5.78 Å². The third-order valence-corrected chi connectivity index (χ3v) is 9.71. The van der Waals surface area contributed by atoms with E-state index in [2.05, 4.69) is 18.3 Å². The number of aromatic nitrogens is 1. The zero-order valence-corrected chi connectivity index (χ0v) is 30.2. The first kappa shape index (κ1) is 37.4. The van der Waals surface area contributed by atoms with Crippen LogP contribution in [0.4, 0.5) is 0 Å². The number of ether oxygens (including phenoxy) is 1. The van der Waals surface area contributed by atoms with Gasteiger partial charge in [0.25, 0.3) is 11.8 Å². The molecule has 0 aliphatic heterocycles. The van der Waals surface area contributed by atoms with Gasteiger partial charge >= 0.3 is 5.97 Å². The molecule has 0 unspecified atom stereocenters. The molecular weight excluding hydrogens is 679 g/mol. The third-order valence-electron chi connectivity index (χ3n) is 9.71. The summed E-state index contributed by atoms with van der Waals surface area (Å²) in [6.45, 7) is 2.70. The van der Waals surface area contributed by atoms with Crippen molar-refractivity contribution < 1.29 is 28.7 Å². The molecule has 5 aromatic carbocycles. The van der Waals surface area contributed by atoms with E-state index in [0.29, 0.717) is 23.1 Å². The monoisotopic (exact) mass is 721 g/mol. The molecule has 1 aromatic heterocycles. The van der Waals surface area contributed by atoms with Gasteiger partial charge in [-0.1, -0.05) is 122 Å². The predicted molar refractivity (Wildman–Crippen MR) is 209 cm³/mol. The van der Waals surface area contributed by atoms with Crippen LogP contribution in [0.1, 0.15) is 58.8 Å². The maximum absolute atomic E-state index is 14.4. The number of esters is 1. The van der Waals surface area contributed by atoms with Gasteiger partial charge in [0.1, 0.15) is 6.61 Å². The van der Waals surface area contributed by atoms with Crippen molar-refractivity contribution in [1.29, 1.82) is 0 Å². The summed E-state index contributed by atoms with van der Waals surface area (Å²) in [5.74, 6) is -5.37. The van der Waals surface area contributed by atoms with Gasteiger partial charge in [-0.05, 0) is 64.8 Å². The highest BCUT2D eigenvalue weighted by Gasteiger charge is 2.36. The number of ketones is 2. The molecule has 54 heavy (non-hydrogen) atoms. The normalized spacial score (nSPS) is 12.2. The standard InChI is InChI=1S/C45H43N3O6/c1-2-30-20-22-35-25-33(21-23-34(35)24-30)26-37(43(51)44(46)52)42(50)39(17-11-19-41(49)54-29-32-14-7-4-8-15-32)47-45(53)38-28-48(27-31-12-5-3-6-13-31)40-18-10-9-16-36(38)40/h3-10,12-16,18,20-25,28,37,39H,2,11,17,19,26-27,29H2,1H3,(H2,46,52)(H,47,53)/t37-,39-/m0/s1. The van der Waals surface area contributed by atoms with Gasteiger partial charge in [-0.2, -0.15) is 0 Å². The second-order valence-corrected chi connectivity index (χ2v) is 13.5. The van der Waals surface area contributed by atoms with Crippen molar-refractivity contribution >= 4 is 51.0 Å². The summed E-state index contributed by atoms with van der Waals surface area (Å²) in [6, 6.07) is 37.1. The van der Waals surface area contributed by atoms with Crippen LogP contribution in [0.2, 0.25) is 0 Å². The number of primary amides is 1. The smallest absolute Gasteiger partial charge is 0.306 e. The molecule has 0 bridgehead atoms. The zero-order valence-electron chi connectivity index (χ0n) is 30.2.